The van der Waals surface area contributed by atoms with Crippen molar-refractivity contribution in [1.82, 2.24) is 14.6 Å². The van der Waals surface area contributed by atoms with Gasteiger partial charge in [-0.15, -0.1) is 0 Å². The van der Waals surface area contributed by atoms with Crippen LogP contribution in [0.15, 0.2) is 24.7 Å². The van der Waals surface area contributed by atoms with Gasteiger partial charge < -0.3 is 10.0 Å². The maximum Gasteiger partial charge on any atom is 0.303 e. The number of nitrogens with zero attached hydrogens (tertiary/aromatic N) is 4. The molecule has 1 aliphatic heterocycles. The van der Waals surface area contributed by atoms with E-state index >= 15 is 0 Å². The van der Waals surface area contributed by atoms with Gasteiger partial charge in [-0.25, -0.2) is 9.50 Å². The standard InChI is InChI=1S/C13H16N4O2/c18-12(19)8-10-2-1-6-16(9-10)13-11-3-4-15-17(11)7-5-14-13/h3-5,7,10H,1-2,6,8-9H2,(H,18,19). The molecule has 6 nitrogen and oxygen atoms in total. The van der Waals surface area contributed by atoms with Gasteiger partial charge in [0.1, 0.15) is 5.52 Å². The van der Waals surface area contributed by atoms with Gasteiger partial charge in [0.15, 0.2) is 5.82 Å². The summed E-state index contributed by atoms with van der Waals surface area (Å²) in [5, 5.41) is 13.1. The van der Waals surface area contributed by atoms with Crippen molar-refractivity contribution in [1.29, 1.82) is 0 Å². The summed E-state index contributed by atoms with van der Waals surface area (Å²) in [6.07, 6.45) is 7.52. The average molecular weight is 260 g/mol. The zero-order chi connectivity index (χ0) is 13.2. The van der Waals surface area contributed by atoms with Gasteiger partial charge in [-0.3, -0.25) is 4.79 Å². The van der Waals surface area contributed by atoms with Gasteiger partial charge in [0.25, 0.3) is 0 Å². The van der Waals surface area contributed by atoms with Crippen molar-refractivity contribution in [3.8, 4) is 0 Å². The molecule has 3 rings (SSSR count). The van der Waals surface area contributed by atoms with Gasteiger partial charge >= 0.3 is 5.97 Å². The molecule has 0 bridgehead atoms. The monoisotopic (exact) mass is 260 g/mol. The molecule has 100 valence electrons. The van der Waals surface area contributed by atoms with Crippen LogP contribution >= 0.6 is 0 Å². The van der Waals surface area contributed by atoms with E-state index in [0.717, 1.165) is 37.3 Å². The Labute approximate surface area is 110 Å². The van der Waals surface area contributed by atoms with E-state index in [9.17, 15) is 4.79 Å². The number of rotatable bonds is 3. The second-order valence-electron chi connectivity index (χ2n) is 4.96. The largest absolute Gasteiger partial charge is 0.481 e. The second kappa shape index (κ2) is 4.87. The van der Waals surface area contributed by atoms with E-state index in [1.54, 1.807) is 16.9 Å². The molecule has 2 aromatic heterocycles. The smallest absolute Gasteiger partial charge is 0.303 e. The minimum Gasteiger partial charge on any atom is -0.481 e. The van der Waals surface area contributed by atoms with E-state index in [1.807, 2.05) is 12.3 Å². The first-order chi connectivity index (χ1) is 9.24. The molecule has 3 heterocycles. The van der Waals surface area contributed by atoms with E-state index in [0.29, 0.717) is 0 Å². The number of fused-ring (bicyclic) bond motifs is 1. The highest BCUT2D eigenvalue weighted by atomic mass is 16.4. The van der Waals surface area contributed by atoms with Crippen molar-refractivity contribution in [3.63, 3.8) is 0 Å². The van der Waals surface area contributed by atoms with Crippen LogP contribution < -0.4 is 4.90 Å². The fourth-order valence-electron chi connectivity index (χ4n) is 2.76. The lowest BCUT2D eigenvalue weighted by atomic mass is 9.95. The molecule has 1 N–H and O–H groups in total. The molecule has 0 aliphatic carbocycles. The van der Waals surface area contributed by atoms with Crippen LogP contribution in [-0.2, 0) is 4.79 Å². The Morgan fingerprint density at radius 1 is 1.47 bits per heavy atom. The second-order valence-corrected chi connectivity index (χ2v) is 4.96. The summed E-state index contributed by atoms with van der Waals surface area (Å²) in [4.78, 5) is 17.4. The minimum absolute atomic E-state index is 0.205. The first-order valence-corrected chi connectivity index (χ1v) is 6.49. The van der Waals surface area contributed by atoms with Crippen molar-refractivity contribution in [2.24, 2.45) is 5.92 Å². The maximum atomic E-state index is 10.8. The molecule has 1 fully saturated rings. The van der Waals surface area contributed by atoms with Gasteiger partial charge in [0.05, 0.1) is 6.20 Å². The maximum absolute atomic E-state index is 10.8. The average Bonchev–Trinajstić information content (AvgIpc) is 2.86. The third-order valence-corrected chi connectivity index (χ3v) is 3.59. The molecular formula is C13H16N4O2. The van der Waals surface area contributed by atoms with Gasteiger partial charge in [-0.1, -0.05) is 0 Å². The third kappa shape index (κ3) is 2.38. The van der Waals surface area contributed by atoms with Crippen LogP contribution in [0.3, 0.4) is 0 Å². The fraction of sp³-hybridized carbons (Fsp3) is 0.462. The van der Waals surface area contributed by atoms with E-state index in [2.05, 4.69) is 15.0 Å². The van der Waals surface area contributed by atoms with E-state index < -0.39 is 5.97 Å². The number of anilines is 1. The molecule has 2 aromatic rings. The molecule has 1 aliphatic rings. The Hall–Kier alpha value is -2.11. The summed E-state index contributed by atoms with van der Waals surface area (Å²) in [5.41, 5.74) is 0.971. The van der Waals surface area contributed by atoms with Gasteiger partial charge in [-0.2, -0.15) is 5.10 Å². The molecule has 6 heteroatoms. The van der Waals surface area contributed by atoms with Crippen LogP contribution in [0.2, 0.25) is 0 Å². The van der Waals surface area contributed by atoms with Crippen molar-refractivity contribution >= 4 is 17.3 Å². The summed E-state index contributed by atoms with van der Waals surface area (Å²) in [6, 6.07) is 1.93. The van der Waals surface area contributed by atoms with Crippen molar-refractivity contribution in [3.05, 3.63) is 24.7 Å². The first-order valence-electron chi connectivity index (χ1n) is 6.49. The van der Waals surface area contributed by atoms with Crippen LogP contribution in [0.25, 0.3) is 5.52 Å². The molecule has 1 atom stereocenters. The number of aliphatic carboxylic acids is 1. The highest BCUT2D eigenvalue weighted by Crippen LogP contribution is 2.26. The lowest BCUT2D eigenvalue weighted by Crippen LogP contribution is -2.37. The van der Waals surface area contributed by atoms with Crippen molar-refractivity contribution < 1.29 is 9.90 Å². The predicted molar refractivity (Wildman–Crippen MR) is 70.2 cm³/mol. The van der Waals surface area contributed by atoms with Gasteiger partial charge in [0, 0.05) is 31.9 Å². The van der Waals surface area contributed by atoms with Crippen LogP contribution in [0.1, 0.15) is 19.3 Å². The van der Waals surface area contributed by atoms with Crippen LogP contribution in [0.4, 0.5) is 5.82 Å². The number of aromatic nitrogens is 3. The number of carboxylic acids is 1. The normalized spacial score (nSPS) is 19.8. The summed E-state index contributed by atoms with van der Waals surface area (Å²) < 4.78 is 1.79. The van der Waals surface area contributed by atoms with Crippen molar-refractivity contribution in [2.45, 2.75) is 19.3 Å². The number of piperidine rings is 1. The zero-order valence-electron chi connectivity index (χ0n) is 10.6. The highest BCUT2D eigenvalue weighted by Gasteiger charge is 2.24. The SMILES string of the molecule is O=C(O)CC1CCCN(c2nccn3nccc23)C1. The first kappa shape index (κ1) is 12.0. The van der Waals surface area contributed by atoms with E-state index in [1.165, 1.54) is 0 Å². The Bertz CT molecular complexity index is 595. The Kier molecular flexibility index (Phi) is 3.06. The molecular weight excluding hydrogens is 244 g/mol. The van der Waals surface area contributed by atoms with E-state index in [4.69, 9.17) is 5.11 Å². The number of carbonyl (C=O) groups is 1. The Balaban J connectivity index is 1.85. The van der Waals surface area contributed by atoms with Crippen LogP contribution in [-0.4, -0.2) is 38.8 Å². The molecule has 1 unspecified atom stereocenters. The van der Waals surface area contributed by atoms with Gasteiger partial charge in [-0.05, 0) is 24.8 Å². The molecule has 0 amide bonds. The summed E-state index contributed by atoms with van der Waals surface area (Å²) in [7, 11) is 0. The Morgan fingerprint density at radius 2 is 2.37 bits per heavy atom. The van der Waals surface area contributed by atoms with Crippen LogP contribution in [0, 0.1) is 5.92 Å². The summed E-state index contributed by atoms with van der Waals surface area (Å²) >= 11 is 0. The lowest BCUT2D eigenvalue weighted by molar-refractivity contribution is -0.138. The molecule has 0 spiro atoms. The number of hydrogen-bond donors (Lipinski definition) is 1. The van der Waals surface area contributed by atoms with E-state index in [-0.39, 0.29) is 12.3 Å². The predicted octanol–water partition coefficient (Wildman–Crippen LogP) is 1.42. The fourth-order valence-corrected chi connectivity index (χ4v) is 2.76. The molecule has 19 heavy (non-hydrogen) atoms. The lowest BCUT2D eigenvalue weighted by Gasteiger charge is -2.33. The van der Waals surface area contributed by atoms with Crippen molar-refractivity contribution in [2.75, 3.05) is 18.0 Å². The molecule has 0 radical (unpaired) electrons. The third-order valence-electron chi connectivity index (χ3n) is 3.59. The summed E-state index contributed by atoms with van der Waals surface area (Å²) in [6.45, 7) is 1.68. The molecule has 0 aromatic carbocycles. The zero-order valence-corrected chi connectivity index (χ0v) is 10.6. The highest BCUT2D eigenvalue weighted by molar-refractivity contribution is 5.69. The van der Waals surface area contributed by atoms with Gasteiger partial charge in [0.2, 0.25) is 0 Å². The Morgan fingerprint density at radius 3 is 3.21 bits per heavy atom. The summed E-state index contributed by atoms with van der Waals surface area (Å²) in [5.74, 6) is 0.383. The van der Waals surface area contributed by atoms with Crippen LogP contribution in [0.5, 0.6) is 0 Å². The topological polar surface area (TPSA) is 70.7 Å². The quantitative estimate of drug-likeness (QED) is 0.903. The molecule has 1 saturated heterocycles. The molecule has 0 saturated carbocycles. The number of hydrogen-bond acceptors (Lipinski definition) is 4. The minimum atomic E-state index is -0.720. The number of carboxylic acid groups (broad SMARTS) is 1.